The summed E-state index contributed by atoms with van der Waals surface area (Å²) >= 11 is 0. The highest BCUT2D eigenvalue weighted by Gasteiger charge is 2.18. The Kier molecular flexibility index (Phi) is 4.44. The number of hydrogen-bond acceptors (Lipinski definition) is 2. The zero-order chi connectivity index (χ0) is 10.4. The Bertz CT molecular complexity index is 261. The van der Waals surface area contributed by atoms with Crippen LogP contribution in [0.1, 0.15) is 45.4 Å². The molecule has 1 rings (SSSR count). The molecule has 0 aliphatic heterocycles. The number of unbranched alkanes of at least 4 members (excludes halogenated alkanes) is 1. The molecule has 0 amide bonds. The van der Waals surface area contributed by atoms with Crippen molar-refractivity contribution in [2.75, 3.05) is 0 Å². The van der Waals surface area contributed by atoms with Crippen LogP contribution in [0.15, 0.2) is 23.5 Å². The molecule has 0 fully saturated rings. The number of hydrogen-bond donors (Lipinski definition) is 1. The first kappa shape index (κ1) is 11.0. The van der Waals surface area contributed by atoms with Crippen LogP contribution >= 0.6 is 0 Å². The van der Waals surface area contributed by atoms with Crippen LogP contribution in [0.3, 0.4) is 0 Å². The molecule has 0 bridgehead atoms. The van der Waals surface area contributed by atoms with E-state index in [1.165, 1.54) is 0 Å². The van der Waals surface area contributed by atoms with Crippen molar-refractivity contribution in [2.45, 2.75) is 45.4 Å². The third kappa shape index (κ3) is 3.02. The minimum atomic E-state index is 0.120. The molecule has 0 radical (unpaired) electrons. The molecular formula is C12H18O2. The summed E-state index contributed by atoms with van der Waals surface area (Å²) in [6.07, 6.45) is 8.89. The van der Waals surface area contributed by atoms with Gasteiger partial charge in [0, 0.05) is 18.4 Å². The van der Waals surface area contributed by atoms with Crippen molar-refractivity contribution in [2.24, 2.45) is 0 Å². The average molecular weight is 194 g/mol. The highest BCUT2D eigenvalue weighted by atomic mass is 16.3. The molecule has 0 unspecified atom stereocenters. The van der Waals surface area contributed by atoms with Crippen LogP contribution in [0.4, 0.5) is 0 Å². The largest absolute Gasteiger partial charge is 0.512 e. The third-order valence-corrected chi connectivity index (χ3v) is 2.45. The quantitative estimate of drug-likeness (QED) is 0.697. The maximum atomic E-state index is 11.4. The molecule has 0 spiro atoms. The third-order valence-electron chi connectivity index (χ3n) is 2.45. The lowest BCUT2D eigenvalue weighted by Crippen LogP contribution is -2.10. The molecule has 2 heteroatoms. The first-order valence-electron chi connectivity index (χ1n) is 5.35. The molecule has 0 atom stereocenters. The molecule has 0 aromatic carbocycles. The molecule has 0 aromatic heterocycles. The molecule has 78 valence electrons. The standard InChI is InChI=1S/C12H18O2/c1-2-3-4-5-7-10-11(13)8-6-9-12(10)14/h4-5,13H,2-3,6-9H2,1H3/b5-4+. The van der Waals surface area contributed by atoms with Crippen LogP contribution in [0.2, 0.25) is 0 Å². The number of carbonyl (C=O) groups excluding carboxylic acids is 1. The second kappa shape index (κ2) is 5.63. The average Bonchev–Trinajstić information content (AvgIpc) is 2.16. The summed E-state index contributed by atoms with van der Waals surface area (Å²) in [5, 5.41) is 9.52. The second-order valence-electron chi connectivity index (χ2n) is 3.67. The van der Waals surface area contributed by atoms with Crippen LogP contribution in [0.5, 0.6) is 0 Å². The maximum Gasteiger partial charge on any atom is 0.162 e. The summed E-state index contributed by atoms with van der Waals surface area (Å²) < 4.78 is 0. The SMILES string of the molecule is CCC/C=C/CC1=C(O)CCCC1=O. The van der Waals surface area contributed by atoms with E-state index in [-0.39, 0.29) is 5.78 Å². The van der Waals surface area contributed by atoms with Gasteiger partial charge < -0.3 is 5.11 Å². The Hall–Kier alpha value is -1.05. The molecule has 1 aliphatic carbocycles. The van der Waals surface area contributed by atoms with Crippen molar-refractivity contribution in [3.63, 3.8) is 0 Å². The molecule has 0 saturated heterocycles. The molecule has 0 saturated carbocycles. The van der Waals surface area contributed by atoms with Gasteiger partial charge in [0.1, 0.15) is 0 Å². The predicted molar refractivity (Wildman–Crippen MR) is 57.2 cm³/mol. The lowest BCUT2D eigenvalue weighted by molar-refractivity contribution is -0.116. The van der Waals surface area contributed by atoms with Gasteiger partial charge >= 0.3 is 0 Å². The smallest absolute Gasteiger partial charge is 0.162 e. The molecular weight excluding hydrogens is 176 g/mol. The normalized spacial score (nSPS) is 18.2. The van der Waals surface area contributed by atoms with E-state index in [9.17, 15) is 9.90 Å². The van der Waals surface area contributed by atoms with Gasteiger partial charge in [-0.3, -0.25) is 4.79 Å². The van der Waals surface area contributed by atoms with E-state index in [4.69, 9.17) is 0 Å². The van der Waals surface area contributed by atoms with Crippen molar-refractivity contribution in [3.8, 4) is 0 Å². The number of allylic oxidation sites excluding steroid dienone is 4. The molecule has 1 aliphatic rings. The number of aliphatic hydroxyl groups excluding tert-OH is 1. The van der Waals surface area contributed by atoms with Gasteiger partial charge in [-0.1, -0.05) is 25.5 Å². The van der Waals surface area contributed by atoms with Crippen molar-refractivity contribution in [1.82, 2.24) is 0 Å². The minimum Gasteiger partial charge on any atom is -0.512 e. The van der Waals surface area contributed by atoms with E-state index in [2.05, 4.69) is 13.0 Å². The fraction of sp³-hybridized carbons (Fsp3) is 0.583. The van der Waals surface area contributed by atoms with Gasteiger partial charge in [0.15, 0.2) is 5.78 Å². The zero-order valence-corrected chi connectivity index (χ0v) is 8.75. The van der Waals surface area contributed by atoms with E-state index in [0.29, 0.717) is 30.6 Å². The van der Waals surface area contributed by atoms with Crippen molar-refractivity contribution >= 4 is 5.78 Å². The summed E-state index contributed by atoms with van der Waals surface area (Å²) in [6.45, 7) is 2.12. The highest BCUT2D eigenvalue weighted by molar-refractivity contribution is 5.96. The van der Waals surface area contributed by atoms with Gasteiger partial charge in [-0.05, 0) is 19.3 Å². The Morgan fingerprint density at radius 1 is 1.36 bits per heavy atom. The monoisotopic (exact) mass is 194 g/mol. The van der Waals surface area contributed by atoms with E-state index >= 15 is 0 Å². The second-order valence-corrected chi connectivity index (χ2v) is 3.67. The van der Waals surface area contributed by atoms with Crippen molar-refractivity contribution < 1.29 is 9.90 Å². The molecule has 14 heavy (non-hydrogen) atoms. The fourth-order valence-corrected chi connectivity index (χ4v) is 1.60. The molecule has 2 nitrogen and oxygen atoms in total. The number of rotatable bonds is 4. The first-order chi connectivity index (χ1) is 6.75. The Balaban J connectivity index is 2.52. The van der Waals surface area contributed by atoms with Gasteiger partial charge in [-0.15, -0.1) is 0 Å². The Morgan fingerprint density at radius 3 is 2.79 bits per heavy atom. The first-order valence-corrected chi connectivity index (χ1v) is 5.35. The van der Waals surface area contributed by atoms with E-state index in [1.54, 1.807) is 0 Å². The lowest BCUT2D eigenvalue weighted by Gasteiger charge is -2.13. The topological polar surface area (TPSA) is 37.3 Å². The van der Waals surface area contributed by atoms with Crippen LogP contribution in [-0.4, -0.2) is 10.9 Å². The molecule has 1 N–H and O–H groups in total. The molecule has 0 heterocycles. The van der Waals surface area contributed by atoms with Crippen molar-refractivity contribution in [1.29, 1.82) is 0 Å². The number of carbonyl (C=O) groups is 1. The van der Waals surface area contributed by atoms with Crippen molar-refractivity contribution in [3.05, 3.63) is 23.5 Å². The van der Waals surface area contributed by atoms with Crippen LogP contribution < -0.4 is 0 Å². The van der Waals surface area contributed by atoms with Gasteiger partial charge in [0.05, 0.1) is 5.76 Å². The maximum absolute atomic E-state index is 11.4. The van der Waals surface area contributed by atoms with E-state index in [1.807, 2.05) is 6.08 Å². The summed E-state index contributed by atoms with van der Waals surface area (Å²) in [6, 6.07) is 0. The highest BCUT2D eigenvalue weighted by Crippen LogP contribution is 2.22. The zero-order valence-electron chi connectivity index (χ0n) is 8.75. The van der Waals surface area contributed by atoms with Gasteiger partial charge in [-0.25, -0.2) is 0 Å². The Labute approximate surface area is 85.3 Å². The number of ketones is 1. The minimum absolute atomic E-state index is 0.120. The molecule has 0 aromatic rings. The van der Waals surface area contributed by atoms with E-state index in [0.717, 1.165) is 19.3 Å². The Morgan fingerprint density at radius 2 is 2.14 bits per heavy atom. The summed E-state index contributed by atoms with van der Waals surface area (Å²) in [5.74, 6) is 0.428. The van der Waals surface area contributed by atoms with Gasteiger partial charge in [0.25, 0.3) is 0 Å². The van der Waals surface area contributed by atoms with Gasteiger partial charge in [-0.2, -0.15) is 0 Å². The number of Topliss-reactive ketones (excluding diaryl/α,β-unsaturated/α-hetero) is 1. The van der Waals surface area contributed by atoms with E-state index < -0.39 is 0 Å². The predicted octanol–water partition coefficient (Wildman–Crippen LogP) is 3.30. The van der Waals surface area contributed by atoms with Crippen LogP contribution in [-0.2, 0) is 4.79 Å². The number of aliphatic hydroxyl groups is 1. The summed E-state index contributed by atoms with van der Waals surface area (Å²) in [4.78, 5) is 11.4. The lowest BCUT2D eigenvalue weighted by atomic mass is 9.94. The fourth-order valence-electron chi connectivity index (χ4n) is 1.60. The van der Waals surface area contributed by atoms with Crippen LogP contribution in [0, 0.1) is 0 Å². The summed E-state index contributed by atoms with van der Waals surface area (Å²) in [5.41, 5.74) is 0.628. The summed E-state index contributed by atoms with van der Waals surface area (Å²) in [7, 11) is 0. The van der Waals surface area contributed by atoms with Gasteiger partial charge in [0.2, 0.25) is 0 Å². The van der Waals surface area contributed by atoms with Crippen LogP contribution in [0.25, 0.3) is 0 Å².